The average Bonchev–Trinajstić information content (AvgIpc) is 1.58. The summed E-state index contributed by atoms with van der Waals surface area (Å²) in [6.07, 6.45) is 0. The molecule has 5 nitrogen and oxygen atoms in total. The number of hydrogen-bond donors (Lipinski definition) is 0. The first-order chi connectivity index (χ1) is 62.0. The zero-order valence-corrected chi connectivity index (χ0v) is 70.9. The van der Waals surface area contributed by atoms with Crippen LogP contribution in [0.15, 0.2) is 440 Å². The number of aromatic nitrogens is 1. The second-order valence-electron chi connectivity index (χ2n) is 34.6. The molecule has 0 saturated carbocycles. The van der Waals surface area contributed by atoms with E-state index in [1.54, 1.807) is 0 Å². The second kappa shape index (κ2) is 29.6. The van der Waals surface area contributed by atoms with E-state index in [-0.39, 0.29) is 10.8 Å². The lowest BCUT2D eigenvalue weighted by Crippen LogP contribution is -2.16. The molecule has 25 rings (SSSR count). The van der Waals surface area contributed by atoms with Gasteiger partial charge in [0.05, 0.1) is 11.0 Å². The van der Waals surface area contributed by atoms with Crippen molar-refractivity contribution in [3.8, 4) is 94.7 Å². The van der Waals surface area contributed by atoms with Gasteiger partial charge in [0.2, 0.25) is 0 Å². The molecule has 4 heterocycles. The van der Waals surface area contributed by atoms with E-state index in [1.165, 1.54) is 131 Å². The number of anilines is 6. The minimum Gasteiger partial charge on any atom is -0.455 e. The predicted molar refractivity (Wildman–Crippen MR) is 532 cm³/mol. The highest BCUT2D eigenvalue weighted by Gasteiger charge is 2.38. The van der Waals surface area contributed by atoms with E-state index < -0.39 is 0 Å². The maximum atomic E-state index is 6.66. The molecule has 0 atom stereocenters. The molecule has 0 radical (unpaired) electrons. The van der Waals surface area contributed by atoms with Crippen LogP contribution in [0.4, 0.5) is 34.1 Å². The normalized spacial score (nSPS) is 12.9. The molecule has 23 aromatic rings. The Morgan fingerprint density at radius 3 is 1.15 bits per heavy atom. The lowest BCUT2D eigenvalue weighted by molar-refractivity contribution is 0.660. The minimum absolute atomic E-state index is 0.112. The highest BCUT2D eigenvalue weighted by atomic mass is 32.1. The van der Waals surface area contributed by atoms with Crippen LogP contribution in [-0.2, 0) is 10.8 Å². The van der Waals surface area contributed by atoms with Crippen LogP contribution >= 0.6 is 11.3 Å². The van der Waals surface area contributed by atoms with Crippen molar-refractivity contribution in [1.29, 1.82) is 0 Å². The van der Waals surface area contributed by atoms with Gasteiger partial charge in [-0.05, 0) is 234 Å². The van der Waals surface area contributed by atoms with Crippen LogP contribution in [0.2, 0.25) is 0 Å². The molecule has 0 amide bonds. The maximum Gasteiger partial charge on any atom is 0.143 e. The summed E-state index contributed by atoms with van der Waals surface area (Å²) in [5.41, 5.74) is 38.2. The summed E-state index contributed by atoms with van der Waals surface area (Å²) < 4.78 is 18.3. The molecule has 0 unspecified atom stereocenters. The molecule has 6 heteroatoms. The van der Waals surface area contributed by atoms with Crippen molar-refractivity contribution in [2.45, 2.75) is 38.5 Å². The van der Waals surface area contributed by atoms with Crippen LogP contribution in [0.25, 0.3) is 181 Å². The van der Waals surface area contributed by atoms with Gasteiger partial charge in [0.15, 0.2) is 0 Å². The van der Waals surface area contributed by atoms with Crippen LogP contribution < -0.4 is 9.80 Å². The van der Waals surface area contributed by atoms with Crippen LogP contribution in [0, 0.1) is 0 Å². The Hall–Kier alpha value is -15.6. The van der Waals surface area contributed by atoms with Gasteiger partial charge in [-0.15, -0.1) is 11.3 Å². The van der Waals surface area contributed by atoms with E-state index in [0.717, 1.165) is 106 Å². The van der Waals surface area contributed by atoms with E-state index in [9.17, 15) is 0 Å². The summed E-state index contributed by atoms with van der Waals surface area (Å²) in [6.45, 7) is 9.41. The summed E-state index contributed by atoms with van der Waals surface area (Å²) in [6, 6.07) is 157. The third kappa shape index (κ3) is 12.3. The molecular weight excluding hydrogens is 1550 g/mol. The van der Waals surface area contributed by atoms with Gasteiger partial charge >= 0.3 is 0 Å². The summed E-state index contributed by atoms with van der Waals surface area (Å²) >= 11 is 1.89. The molecule has 2 aliphatic rings. The summed E-state index contributed by atoms with van der Waals surface area (Å²) in [4.78, 5) is 4.80. The number of benzene rings is 19. The molecule has 2 aliphatic carbocycles. The highest BCUT2D eigenvalue weighted by Crippen LogP contribution is 2.55. The molecule has 0 N–H and O–H groups in total. The minimum atomic E-state index is -0.116. The van der Waals surface area contributed by atoms with Crippen LogP contribution in [0.1, 0.15) is 49.9 Å². The van der Waals surface area contributed by atoms with Gasteiger partial charge in [-0.3, -0.25) is 0 Å². The van der Waals surface area contributed by atoms with Gasteiger partial charge in [-0.2, -0.15) is 0 Å². The van der Waals surface area contributed by atoms with Crippen molar-refractivity contribution in [3.63, 3.8) is 0 Å². The zero-order chi connectivity index (χ0) is 83.9. The molecule has 126 heavy (non-hydrogen) atoms. The van der Waals surface area contributed by atoms with Gasteiger partial charge in [-0.1, -0.05) is 319 Å². The van der Waals surface area contributed by atoms with Crippen molar-refractivity contribution < 1.29 is 8.83 Å². The van der Waals surface area contributed by atoms with E-state index in [1.807, 2.05) is 29.5 Å². The van der Waals surface area contributed by atoms with Gasteiger partial charge in [0.25, 0.3) is 0 Å². The number of thiophene rings is 1. The quantitative estimate of drug-likeness (QED) is 0.115. The van der Waals surface area contributed by atoms with Crippen molar-refractivity contribution in [2.75, 3.05) is 9.80 Å². The van der Waals surface area contributed by atoms with Gasteiger partial charge in [0.1, 0.15) is 22.3 Å². The first-order valence-electron chi connectivity index (χ1n) is 43.5. The SMILES string of the molecule is CC1(C)c2ccccc2-c2ccc(N(c3ccc(-c4ccccc4)cc3)c3ccc(-c4cc(-c5ccc6c7ccccc7n(-c7ccccc7)c6c5)c5sc6ccccc6c5c4)cc3)cc21.CC1(C)c2ccccc2-c2ccc(N(c3ccc(-c4ccccc4)cc3)c3ccc(-c4cc(-c5cccc6c5oc5ccccc56)c5oc6ccccc6c5c4)cc3)cc21. The van der Waals surface area contributed by atoms with Gasteiger partial charge < -0.3 is 23.2 Å². The zero-order valence-electron chi connectivity index (χ0n) is 70.1. The van der Waals surface area contributed by atoms with E-state index in [2.05, 4.69) is 455 Å². The molecule has 19 aromatic carbocycles. The molecule has 596 valence electrons. The Bertz CT molecular complexity index is 8240. The molecule has 0 fully saturated rings. The first-order valence-corrected chi connectivity index (χ1v) is 44.3. The number of nitrogens with zero attached hydrogens (tertiary/aromatic N) is 3. The first kappa shape index (κ1) is 74.2. The topological polar surface area (TPSA) is 37.7 Å². The van der Waals surface area contributed by atoms with Crippen molar-refractivity contribution in [2.24, 2.45) is 0 Å². The highest BCUT2D eigenvalue weighted by molar-refractivity contribution is 7.26. The smallest absolute Gasteiger partial charge is 0.143 e. The Morgan fingerprint density at radius 2 is 0.603 bits per heavy atom. The molecule has 0 saturated heterocycles. The van der Waals surface area contributed by atoms with Crippen LogP contribution in [0.5, 0.6) is 0 Å². The van der Waals surface area contributed by atoms with Crippen molar-refractivity contribution in [1.82, 2.24) is 4.57 Å². The summed E-state index contributed by atoms with van der Waals surface area (Å²) in [5.74, 6) is 0. The van der Waals surface area contributed by atoms with Crippen molar-refractivity contribution >= 4 is 131 Å². The number of para-hydroxylation sites is 5. The Balaban J connectivity index is 0.000000142. The molecule has 0 spiro atoms. The van der Waals surface area contributed by atoms with Crippen LogP contribution in [0.3, 0.4) is 0 Å². The second-order valence-corrected chi connectivity index (χ2v) is 35.6. The fourth-order valence-corrected chi connectivity index (χ4v) is 21.6. The molecule has 0 aliphatic heterocycles. The fraction of sp³-hybridized carbons (Fsp3) is 0.0500. The molecule has 4 aromatic heterocycles. The monoisotopic (exact) mass is 1630 g/mol. The third-order valence-corrected chi connectivity index (χ3v) is 27.9. The average molecular weight is 1630 g/mol. The number of rotatable bonds is 13. The summed E-state index contributed by atoms with van der Waals surface area (Å²) in [7, 11) is 0. The van der Waals surface area contributed by atoms with Crippen molar-refractivity contribution in [3.05, 3.63) is 453 Å². The van der Waals surface area contributed by atoms with E-state index >= 15 is 0 Å². The lowest BCUT2D eigenvalue weighted by atomic mass is 9.82. The predicted octanol–water partition coefficient (Wildman–Crippen LogP) is 34.2. The number of furan rings is 2. The maximum absolute atomic E-state index is 6.66. The standard InChI is InChI=1S/C63H44N2S.C57H39NO2/c1-63(2)57-22-12-9-19-50(57)51-36-34-49(40-58(51)63)64(47-30-25-42(26-31-47)41-15-5-3-6-16-41)48-32-27-43(28-33-48)45-37-55(62-56(38-45)54-21-11-14-24-61(54)66-62)44-29-35-53-52-20-10-13-23-59(52)65(60(53)39-44)46-17-7-4-8-18-46;1-57(2)51-20-9-6-15-43(51)44-32-31-42(35-52(44)57)58(40-27-23-37(24-28-40)36-13-4-3-5-14-36)41-29-25-38(26-30-41)39-33-49-46-17-8-11-22-54(46)60-56(49)50(34-39)48-19-12-18-47-45-16-7-10-21-53(45)59-55(47)48/h3-40H,1-2H3;3-35H,1-2H3. The lowest BCUT2D eigenvalue weighted by Gasteiger charge is -2.28. The third-order valence-electron chi connectivity index (χ3n) is 26.7. The number of fused-ring (bicyclic) bond motifs is 18. The molecule has 0 bridgehead atoms. The summed E-state index contributed by atoms with van der Waals surface area (Å²) in [5, 5.41) is 9.48. The Morgan fingerprint density at radius 1 is 0.222 bits per heavy atom. The van der Waals surface area contributed by atoms with Gasteiger partial charge in [0, 0.05) is 120 Å². The number of hydrogen-bond acceptors (Lipinski definition) is 5. The van der Waals surface area contributed by atoms with Gasteiger partial charge in [-0.25, -0.2) is 0 Å². The molecular formula is C120H83N3O2S. The Kier molecular flexibility index (Phi) is 17.4. The largest absolute Gasteiger partial charge is 0.455 e. The van der Waals surface area contributed by atoms with Crippen LogP contribution in [-0.4, -0.2) is 4.57 Å². The Labute approximate surface area is 735 Å². The fourth-order valence-electron chi connectivity index (χ4n) is 20.4. The van der Waals surface area contributed by atoms with E-state index in [0.29, 0.717) is 0 Å². The van der Waals surface area contributed by atoms with E-state index in [4.69, 9.17) is 8.83 Å².